The van der Waals surface area contributed by atoms with Gasteiger partial charge in [0.1, 0.15) is 17.4 Å². The van der Waals surface area contributed by atoms with E-state index in [1.165, 1.54) is 11.1 Å². The molecule has 1 heterocycles. The summed E-state index contributed by atoms with van der Waals surface area (Å²) in [5.41, 5.74) is 10.1. The normalized spacial score (nSPS) is 10.5. The van der Waals surface area contributed by atoms with E-state index in [-0.39, 0.29) is 0 Å². The van der Waals surface area contributed by atoms with Crippen LogP contribution >= 0.6 is 11.3 Å². The molecule has 0 amide bonds. The highest BCUT2D eigenvalue weighted by Crippen LogP contribution is 2.30. The van der Waals surface area contributed by atoms with Gasteiger partial charge >= 0.3 is 0 Å². The minimum atomic E-state index is 0.521. The van der Waals surface area contributed by atoms with E-state index < -0.39 is 0 Å². The van der Waals surface area contributed by atoms with Gasteiger partial charge in [0.15, 0.2) is 0 Å². The summed E-state index contributed by atoms with van der Waals surface area (Å²) >= 11 is 1.60. The average Bonchev–Trinajstić information content (AvgIpc) is 3.02. The Morgan fingerprint density at radius 2 is 2.05 bits per heavy atom. The number of aromatic nitrogens is 1. The molecule has 0 aliphatic heterocycles. The molecule has 3 aromatic rings. The molecule has 0 saturated carbocycles. The van der Waals surface area contributed by atoms with Crippen LogP contribution < -0.4 is 10.5 Å². The molecular weight excluding hydrogens is 280 g/mol. The second kappa shape index (κ2) is 5.97. The first kappa shape index (κ1) is 13.6. The zero-order valence-electron chi connectivity index (χ0n) is 11.7. The lowest BCUT2D eigenvalue weighted by Crippen LogP contribution is -2.00. The molecule has 3 rings (SSSR count). The van der Waals surface area contributed by atoms with Gasteiger partial charge in [-0.1, -0.05) is 24.3 Å². The number of anilines is 1. The van der Waals surface area contributed by atoms with Gasteiger partial charge in [-0.25, -0.2) is 4.98 Å². The molecule has 2 N–H and O–H groups in total. The number of hydrogen-bond donors (Lipinski definition) is 1. The smallest absolute Gasteiger partial charge is 0.142 e. The predicted octanol–water partition coefficient (Wildman–Crippen LogP) is 4.28. The number of nitrogens with zero attached hydrogens (tertiary/aromatic N) is 1. The third kappa shape index (κ3) is 3.06. The summed E-state index contributed by atoms with van der Waals surface area (Å²) in [5.74, 6) is 0.707. The third-order valence-corrected chi connectivity index (χ3v) is 4.16. The zero-order valence-corrected chi connectivity index (χ0v) is 12.6. The van der Waals surface area contributed by atoms with Crippen molar-refractivity contribution < 1.29 is 4.74 Å². The van der Waals surface area contributed by atoms with Gasteiger partial charge < -0.3 is 10.5 Å². The van der Waals surface area contributed by atoms with Gasteiger partial charge in [-0.05, 0) is 36.2 Å². The van der Waals surface area contributed by atoms with Crippen LogP contribution in [0.2, 0.25) is 0 Å². The van der Waals surface area contributed by atoms with Crippen LogP contribution in [-0.2, 0) is 6.61 Å². The van der Waals surface area contributed by atoms with E-state index in [0.29, 0.717) is 18.0 Å². The number of hydrogen-bond acceptors (Lipinski definition) is 4. The molecule has 0 radical (unpaired) electrons. The maximum atomic E-state index is 6.08. The van der Waals surface area contributed by atoms with Crippen molar-refractivity contribution in [2.75, 3.05) is 5.73 Å². The van der Waals surface area contributed by atoms with Gasteiger partial charge in [0.2, 0.25) is 0 Å². The van der Waals surface area contributed by atoms with Crippen LogP contribution in [-0.4, -0.2) is 4.98 Å². The Labute approximate surface area is 128 Å². The van der Waals surface area contributed by atoms with Crippen molar-refractivity contribution in [3.63, 3.8) is 0 Å². The summed E-state index contributed by atoms with van der Waals surface area (Å²) < 4.78 is 5.83. The van der Waals surface area contributed by atoms with Crippen LogP contribution in [0.3, 0.4) is 0 Å². The Morgan fingerprint density at radius 3 is 2.76 bits per heavy atom. The van der Waals surface area contributed by atoms with E-state index in [9.17, 15) is 0 Å². The monoisotopic (exact) mass is 296 g/mol. The Hall–Kier alpha value is -2.33. The summed E-state index contributed by atoms with van der Waals surface area (Å²) in [6.07, 6.45) is 1.79. The van der Waals surface area contributed by atoms with E-state index in [4.69, 9.17) is 10.5 Å². The van der Waals surface area contributed by atoms with Crippen molar-refractivity contribution in [3.05, 3.63) is 65.2 Å². The van der Waals surface area contributed by atoms with Crippen LogP contribution in [0.25, 0.3) is 10.6 Å². The molecule has 0 atom stereocenters. The quantitative estimate of drug-likeness (QED) is 0.731. The second-order valence-corrected chi connectivity index (χ2v) is 5.70. The molecule has 0 unspecified atom stereocenters. The molecular formula is C17H16N2OS. The standard InChI is InChI=1S/C17H16N2OS/c1-12-4-2-3-5-14(12)11-20-16-7-6-13(10-15(16)18)17-19-8-9-21-17/h2-10H,11,18H2,1H3. The second-order valence-electron chi connectivity index (χ2n) is 4.81. The number of aryl methyl sites for hydroxylation is 1. The van der Waals surface area contributed by atoms with Gasteiger partial charge in [0, 0.05) is 17.1 Å². The maximum absolute atomic E-state index is 6.08. The summed E-state index contributed by atoms with van der Waals surface area (Å²) in [6.45, 7) is 2.60. The SMILES string of the molecule is Cc1ccccc1COc1ccc(-c2nccs2)cc1N. The fraction of sp³-hybridized carbons (Fsp3) is 0.118. The molecule has 106 valence electrons. The van der Waals surface area contributed by atoms with Crippen molar-refractivity contribution in [1.29, 1.82) is 0 Å². The summed E-state index contributed by atoms with van der Waals surface area (Å²) in [5, 5.41) is 2.92. The zero-order chi connectivity index (χ0) is 14.7. The van der Waals surface area contributed by atoms with Crippen molar-refractivity contribution in [2.24, 2.45) is 0 Å². The van der Waals surface area contributed by atoms with E-state index in [2.05, 4.69) is 24.0 Å². The maximum Gasteiger partial charge on any atom is 0.142 e. The van der Waals surface area contributed by atoms with Gasteiger partial charge in [-0.3, -0.25) is 0 Å². The summed E-state index contributed by atoms with van der Waals surface area (Å²) in [7, 11) is 0. The van der Waals surface area contributed by atoms with E-state index >= 15 is 0 Å². The Kier molecular flexibility index (Phi) is 3.88. The molecule has 0 bridgehead atoms. The highest BCUT2D eigenvalue weighted by molar-refractivity contribution is 7.13. The van der Waals surface area contributed by atoms with Gasteiger partial charge in [0.25, 0.3) is 0 Å². The fourth-order valence-corrected chi connectivity index (χ4v) is 2.74. The van der Waals surface area contributed by atoms with Crippen LogP contribution in [0.5, 0.6) is 5.75 Å². The van der Waals surface area contributed by atoms with Gasteiger partial charge in [0.05, 0.1) is 5.69 Å². The minimum Gasteiger partial charge on any atom is -0.487 e. The molecule has 0 saturated heterocycles. The van der Waals surface area contributed by atoms with Crippen molar-refractivity contribution in [3.8, 4) is 16.3 Å². The molecule has 21 heavy (non-hydrogen) atoms. The van der Waals surface area contributed by atoms with Gasteiger partial charge in [-0.15, -0.1) is 11.3 Å². The van der Waals surface area contributed by atoms with Crippen molar-refractivity contribution in [2.45, 2.75) is 13.5 Å². The number of ether oxygens (including phenoxy) is 1. The highest BCUT2D eigenvalue weighted by Gasteiger charge is 2.06. The molecule has 1 aromatic heterocycles. The van der Waals surface area contributed by atoms with Crippen LogP contribution in [0.15, 0.2) is 54.0 Å². The molecule has 4 heteroatoms. The van der Waals surface area contributed by atoms with E-state index in [1.807, 2.05) is 35.7 Å². The van der Waals surface area contributed by atoms with Crippen molar-refractivity contribution >= 4 is 17.0 Å². The van der Waals surface area contributed by atoms with Crippen LogP contribution in [0.4, 0.5) is 5.69 Å². The lowest BCUT2D eigenvalue weighted by Gasteiger charge is -2.11. The van der Waals surface area contributed by atoms with Crippen molar-refractivity contribution in [1.82, 2.24) is 4.98 Å². The Bertz CT molecular complexity index is 738. The number of nitrogens with two attached hydrogens (primary N) is 1. The Morgan fingerprint density at radius 1 is 1.19 bits per heavy atom. The average molecular weight is 296 g/mol. The minimum absolute atomic E-state index is 0.521. The first-order valence-electron chi connectivity index (χ1n) is 6.71. The number of rotatable bonds is 4. The van der Waals surface area contributed by atoms with Gasteiger partial charge in [-0.2, -0.15) is 0 Å². The first-order chi connectivity index (χ1) is 10.2. The third-order valence-electron chi connectivity index (χ3n) is 3.33. The Balaban J connectivity index is 1.76. The predicted molar refractivity (Wildman–Crippen MR) is 87.5 cm³/mol. The lowest BCUT2D eigenvalue weighted by molar-refractivity contribution is 0.307. The first-order valence-corrected chi connectivity index (χ1v) is 7.59. The molecule has 0 aliphatic rings. The molecule has 0 fully saturated rings. The fourth-order valence-electron chi connectivity index (χ4n) is 2.11. The van der Waals surface area contributed by atoms with E-state index in [0.717, 1.165) is 10.6 Å². The number of thiazole rings is 1. The number of benzene rings is 2. The lowest BCUT2D eigenvalue weighted by atomic mass is 10.1. The topological polar surface area (TPSA) is 48.1 Å². The summed E-state index contributed by atoms with van der Waals surface area (Å²) in [6, 6.07) is 14.0. The number of nitrogen functional groups attached to an aromatic ring is 1. The van der Waals surface area contributed by atoms with Crippen LogP contribution in [0, 0.1) is 6.92 Å². The highest BCUT2D eigenvalue weighted by atomic mass is 32.1. The van der Waals surface area contributed by atoms with Crippen LogP contribution in [0.1, 0.15) is 11.1 Å². The molecule has 0 spiro atoms. The molecule has 2 aromatic carbocycles. The largest absolute Gasteiger partial charge is 0.487 e. The van der Waals surface area contributed by atoms with E-state index in [1.54, 1.807) is 17.5 Å². The summed E-state index contributed by atoms with van der Waals surface area (Å²) in [4.78, 5) is 4.28. The molecule has 0 aliphatic carbocycles. The molecule has 3 nitrogen and oxygen atoms in total.